The Morgan fingerprint density at radius 2 is 1.38 bits per heavy atom. The Labute approximate surface area is 317 Å². The van der Waals surface area contributed by atoms with Crippen LogP contribution in [0.25, 0.3) is 0 Å². The first-order valence-electron chi connectivity index (χ1n) is 16.7. The molecule has 0 amide bonds. The minimum atomic E-state index is -3.06. The van der Waals surface area contributed by atoms with Gasteiger partial charge in [0.05, 0.1) is 26.9 Å². The molecule has 1 saturated heterocycles. The summed E-state index contributed by atoms with van der Waals surface area (Å²) in [6.07, 6.45) is -1.05. The number of carbonyl (C=O) groups is 1. The molecule has 1 fully saturated rings. The average molecular weight is 775 g/mol. The van der Waals surface area contributed by atoms with Crippen molar-refractivity contribution < 1.29 is 32.8 Å². The molecule has 1 aromatic heterocycles. The van der Waals surface area contributed by atoms with Crippen molar-refractivity contribution in [3.63, 3.8) is 0 Å². The number of benzene rings is 4. The Hall–Kier alpha value is -4.33. The second-order valence-electron chi connectivity index (χ2n) is 12.3. The Morgan fingerprint density at radius 1 is 0.849 bits per heavy atom. The molecule has 0 radical (unpaired) electrons. The molecule has 1 aliphatic rings. The van der Waals surface area contributed by atoms with Crippen molar-refractivity contribution in [1.29, 1.82) is 0 Å². The van der Waals surface area contributed by atoms with Crippen molar-refractivity contribution in [2.75, 3.05) is 27.9 Å². The molecule has 0 saturated carbocycles. The van der Waals surface area contributed by atoms with E-state index in [1.54, 1.807) is 44.6 Å². The zero-order valence-corrected chi connectivity index (χ0v) is 32.1. The highest BCUT2D eigenvalue weighted by Gasteiger charge is 2.44. The molecule has 1 aliphatic heterocycles. The van der Waals surface area contributed by atoms with Gasteiger partial charge in [0, 0.05) is 30.9 Å². The maximum atomic E-state index is 14.0. The molecule has 53 heavy (non-hydrogen) atoms. The Balaban J connectivity index is 1.43. The maximum absolute atomic E-state index is 14.0. The van der Waals surface area contributed by atoms with E-state index in [1.807, 2.05) is 78.9 Å². The molecule has 0 bridgehead atoms. The maximum Gasteiger partial charge on any atom is 0.340 e. The quantitative estimate of drug-likeness (QED) is 0.0807. The van der Waals surface area contributed by atoms with Crippen LogP contribution in [0.1, 0.15) is 45.3 Å². The van der Waals surface area contributed by atoms with Crippen molar-refractivity contribution in [2.45, 2.75) is 37.4 Å². The summed E-state index contributed by atoms with van der Waals surface area (Å²) in [5.74, 6) is 0.598. The number of hydrogen-bond acceptors (Lipinski definition) is 10. The van der Waals surface area contributed by atoms with E-state index < -0.39 is 46.9 Å². The van der Waals surface area contributed by atoms with Gasteiger partial charge in [0.2, 0.25) is 5.69 Å². The highest BCUT2D eigenvalue weighted by molar-refractivity contribution is 8.60. The van der Waals surface area contributed by atoms with Crippen molar-refractivity contribution in [1.82, 2.24) is 9.13 Å². The van der Waals surface area contributed by atoms with E-state index >= 15 is 0 Å². The fourth-order valence-corrected chi connectivity index (χ4v) is 7.77. The third kappa shape index (κ3) is 7.97. The summed E-state index contributed by atoms with van der Waals surface area (Å²) in [7, 11) is 4.62. The van der Waals surface area contributed by atoms with Gasteiger partial charge in [-0.15, -0.1) is 0 Å². The van der Waals surface area contributed by atoms with Crippen LogP contribution in [0.2, 0.25) is 0 Å². The van der Waals surface area contributed by atoms with Gasteiger partial charge in [-0.05, 0) is 71.8 Å². The Morgan fingerprint density at radius 3 is 1.91 bits per heavy atom. The molecular weight excluding hydrogens is 736 g/mol. The lowest BCUT2D eigenvalue weighted by Gasteiger charge is -2.37. The molecule has 5 aromatic rings. The third-order valence-electron chi connectivity index (χ3n) is 9.14. The first-order valence-corrected chi connectivity index (χ1v) is 20.5. The summed E-state index contributed by atoms with van der Waals surface area (Å²) in [5, 5.41) is 0. The number of rotatable bonds is 13. The lowest BCUT2D eigenvalue weighted by atomic mass is 9.80. The van der Waals surface area contributed by atoms with E-state index in [-0.39, 0.29) is 24.2 Å². The van der Waals surface area contributed by atoms with Gasteiger partial charge >= 0.3 is 5.69 Å². The predicted molar refractivity (Wildman–Crippen MR) is 208 cm³/mol. The number of aromatic nitrogens is 2. The number of hydrogen-bond donors (Lipinski definition) is 1. The van der Waals surface area contributed by atoms with Gasteiger partial charge in [-0.1, -0.05) is 85.0 Å². The number of thiol groups is 1. The minimum Gasteiger partial charge on any atom is -0.497 e. The molecule has 0 aliphatic carbocycles. The zero-order chi connectivity index (χ0) is 37.8. The van der Waals surface area contributed by atoms with Gasteiger partial charge in [-0.3, -0.25) is 14.2 Å². The topological polar surface area (TPSA) is 116 Å². The van der Waals surface area contributed by atoms with Gasteiger partial charge < -0.3 is 28.0 Å². The number of ether oxygens (including phenoxy) is 4. The highest BCUT2D eigenvalue weighted by Crippen LogP contribution is 2.56. The standard InChI is InChI=1S/C39H39N2O9PS2/c1-26-24-40(38(44)41(36(26)42)37(43)27-11-7-5-8-12-27)35-23-33(50-51(52,53)47-4)34(49-35)25-48-39(28-13-9-6-10-14-28,29-15-19-31(45-2)20-16-29)30-17-21-32(46-3)22-18-30/h5-22,24,33-35H,23,25H2,1-4H3,(H,52,53)/t33-,34+,35+/m0/s1. The van der Waals surface area contributed by atoms with E-state index in [4.69, 9.17) is 39.8 Å². The molecule has 1 unspecified atom stereocenters. The minimum absolute atomic E-state index is 0.0583. The molecule has 0 N–H and O–H groups in total. The van der Waals surface area contributed by atoms with Gasteiger partial charge in [0.25, 0.3) is 11.5 Å². The van der Waals surface area contributed by atoms with Crippen LogP contribution in [0.3, 0.4) is 0 Å². The second-order valence-corrected chi connectivity index (χ2v) is 17.6. The zero-order valence-electron chi connectivity index (χ0n) is 29.5. The van der Waals surface area contributed by atoms with E-state index in [1.165, 1.54) is 24.8 Å². The van der Waals surface area contributed by atoms with Gasteiger partial charge in [-0.2, -0.15) is 4.57 Å². The lowest BCUT2D eigenvalue weighted by Crippen LogP contribution is -2.45. The second kappa shape index (κ2) is 16.4. The SMILES string of the molecule is COc1ccc(C(OC[C@H]2O[C@@H](n3cc(C)c(=O)n(C(=O)c4ccccc4)c3=O)C[C@@H]2OP(=S)(S)OC)(c2ccccc2)c2ccc(OC)cc2)cc1. The van der Waals surface area contributed by atoms with Crippen molar-refractivity contribution in [3.8, 4) is 11.5 Å². The number of carbonyl (C=O) groups excluding carboxylic acids is 1. The van der Waals surface area contributed by atoms with Crippen LogP contribution < -0.4 is 20.7 Å². The summed E-state index contributed by atoms with van der Waals surface area (Å²) in [6, 6.07) is 33.1. The summed E-state index contributed by atoms with van der Waals surface area (Å²) in [6.45, 7) is 1.48. The van der Waals surface area contributed by atoms with Crippen molar-refractivity contribution in [2.24, 2.45) is 0 Å². The third-order valence-corrected chi connectivity index (χ3v) is 11.6. The summed E-state index contributed by atoms with van der Waals surface area (Å²) >= 11 is 10.0. The summed E-state index contributed by atoms with van der Waals surface area (Å²) < 4.78 is 38.2. The van der Waals surface area contributed by atoms with Crippen LogP contribution >= 0.6 is 17.9 Å². The summed E-state index contributed by atoms with van der Waals surface area (Å²) in [4.78, 5) is 40.6. The van der Waals surface area contributed by atoms with E-state index in [2.05, 4.69) is 12.2 Å². The normalized spacial score (nSPS) is 18.3. The van der Waals surface area contributed by atoms with Crippen LogP contribution in [0.15, 0.2) is 125 Å². The van der Waals surface area contributed by atoms with E-state index in [0.29, 0.717) is 16.1 Å². The largest absolute Gasteiger partial charge is 0.497 e. The highest BCUT2D eigenvalue weighted by atomic mass is 32.9. The van der Waals surface area contributed by atoms with Crippen LogP contribution in [0, 0.1) is 6.92 Å². The molecular formula is C39H39N2O9PS2. The number of nitrogens with zero attached hydrogens (tertiary/aromatic N) is 2. The molecule has 11 nitrogen and oxygen atoms in total. The Bertz CT molecular complexity index is 2170. The smallest absolute Gasteiger partial charge is 0.340 e. The number of methoxy groups -OCH3 is 2. The fraction of sp³-hybridized carbons (Fsp3) is 0.256. The van der Waals surface area contributed by atoms with Gasteiger partial charge in [0.15, 0.2) is 0 Å². The van der Waals surface area contributed by atoms with Crippen LogP contribution in [-0.4, -0.2) is 55.2 Å². The van der Waals surface area contributed by atoms with Crippen molar-refractivity contribution >= 4 is 35.7 Å². The van der Waals surface area contributed by atoms with Crippen molar-refractivity contribution in [3.05, 3.63) is 164 Å². The molecule has 4 aromatic carbocycles. The van der Waals surface area contributed by atoms with Gasteiger partial charge in [0.1, 0.15) is 29.4 Å². The van der Waals surface area contributed by atoms with Gasteiger partial charge in [-0.25, -0.2) is 4.79 Å². The monoisotopic (exact) mass is 774 g/mol. The van der Waals surface area contributed by atoms with Crippen LogP contribution in [-0.2, 0) is 35.9 Å². The first-order chi connectivity index (χ1) is 25.5. The molecule has 276 valence electrons. The van der Waals surface area contributed by atoms with Crippen LogP contribution in [0.4, 0.5) is 0 Å². The van der Waals surface area contributed by atoms with E-state index in [9.17, 15) is 14.4 Å². The lowest BCUT2D eigenvalue weighted by molar-refractivity contribution is -0.0915. The summed E-state index contributed by atoms with van der Waals surface area (Å²) in [5.41, 5.74) is -3.02. The molecule has 4 atom stereocenters. The average Bonchev–Trinajstić information content (AvgIpc) is 3.58. The molecule has 6 rings (SSSR count). The molecule has 0 spiro atoms. The number of aryl methyl sites for hydroxylation is 1. The van der Waals surface area contributed by atoms with Crippen LogP contribution in [0.5, 0.6) is 11.5 Å². The van der Waals surface area contributed by atoms with E-state index in [0.717, 1.165) is 16.7 Å². The molecule has 14 heteroatoms. The fourth-order valence-electron chi connectivity index (χ4n) is 6.42. The Kier molecular flexibility index (Phi) is 11.9. The molecule has 2 heterocycles. The first kappa shape index (κ1) is 38.4. The predicted octanol–water partition coefficient (Wildman–Crippen LogP) is 6.51.